The molecule has 0 amide bonds. The monoisotopic (exact) mass is 114 g/mol. The molecule has 1 radical (unpaired) electrons. The zero-order chi connectivity index (χ0) is 5.28. The summed E-state index contributed by atoms with van der Waals surface area (Å²) < 4.78 is 3.53. The van der Waals surface area contributed by atoms with E-state index in [1.807, 2.05) is 6.92 Å². The fourth-order valence-electron chi connectivity index (χ4n) is 0.236. The molecular weight excluding hydrogens is 110 g/mol. The minimum atomic E-state index is 0.296. The van der Waals surface area contributed by atoms with Gasteiger partial charge in [0.1, 0.15) is 0 Å². The third-order valence-corrected chi connectivity index (χ3v) is 1.28. The Labute approximate surface area is 45.3 Å². The molecule has 0 aromatic carbocycles. The van der Waals surface area contributed by atoms with E-state index in [4.69, 9.17) is 5.73 Å². The lowest BCUT2D eigenvalue weighted by atomic mass is 10.6. The number of hydrogen-bond donors (Lipinski definition) is 0. The summed E-state index contributed by atoms with van der Waals surface area (Å²) in [5, 5.41) is 3.45. The Kier molecular flexibility index (Phi) is 0.941. The fourth-order valence-corrected chi connectivity index (χ4v) is 0.608. The van der Waals surface area contributed by atoms with Crippen LogP contribution in [0.4, 0.5) is 5.82 Å². The van der Waals surface area contributed by atoms with Gasteiger partial charge in [0.05, 0.1) is 4.88 Å². The van der Waals surface area contributed by atoms with Crippen molar-refractivity contribution in [2.45, 2.75) is 6.92 Å². The van der Waals surface area contributed by atoms with E-state index in [0.29, 0.717) is 5.82 Å². The fraction of sp³-hybridized carbons (Fsp3) is 0.333. The van der Waals surface area contributed by atoms with Gasteiger partial charge in [-0.3, -0.25) is 5.73 Å². The van der Waals surface area contributed by atoms with Gasteiger partial charge in [0.25, 0.3) is 0 Å². The summed E-state index contributed by atoms with van der Waals surface area (Å²) in [6.45, 7) is 1.83. The summed E-state index contributed by atoms with van der Waals surface area (Å²) in [4.78, 5) is 0.875. The van der Waals surface area contributed by atoms with Crippen LogP contribution in [0.5, 0.6) is 0 Å². The normalized spacial score (nSPS) is 9.29. The number of hydrogen-bond acceptors (Lipinski definition) is 3. The standard InChI is InChI=1S/C3H4N3S/c1-2-3(4)5-6-7-2/h4H,1H3. The van der Waals surface area contributed by atoms with Gasteiger partial charge < -0.3 is 0 Å². The van der Waals surface area contributed by atoms with Crippen molar-refractivity contribution in [1.82, 2.24) is 15.3 Å². The van der Waals surface area contributed by atoms with Gasteiger partial charge in [-0.15, -0.1) is 5.10 Å². The Bertz CT molecular complexity index is 142. The largest absolute Gasteiger partial charge is 0.280 e. The average molecular weight is 114 g/mol. The summed E-state index contributed by atoms with van der Waals surface area (Å²) in [6, 6.07) is 0. The van der Waals surface area contributed by atoms with Gasteiger partial charge in [0, 0.05) is 0 Å². The molecule has 37 valence electrons. The summed E-state index contributed by atoms with van der Waals surface area (Å²) in [7, 11) is 0. The Morgan fingerprint density at radius 2 is 2.43 bits per heavy atom. The zero-order valence-corrected chi connectivity index (χ0v) is 4.62. The first-order valence-corrected chi connectivity index (χ1v) is 2.58. The third-order valence-electron chi connectivity index (χ3n) is 0.652. The molecule has 0 unspecified atom stereocenters. The topological polar surface area (TPSA) is 49.6 Å². The highest BCUT2D eigenvalue weighted by Gasteiger charge is 1.93. The summed E-state index contributed by atoms with van der Waals surface area (Å²) in [5.41, 5.74) is 6.94. The minimum absolute atomic E-state index is 0.296. The van der Waals surface area contributed by atoms with E-state index < -0.39 is 0 Å². The molecule has 0 bridgehead atoms. The maximum atomic E-state index is 6.94. The van der Waals surface area contributed by atoms with Gasteiger partial charge in [-0.2, -0.15) is 0 Å². The van der Waals surface area contributed by atoms with Crippen molar-refractivity contribution < 1.29 is 0 Å². The molecule has 1 N–H and O–H groups in total. The molecule has 1 rings (SSSR count). The number of rotatable bonds is 0. The van der Waals surface area contributed by atoms with E-state index in [-0.39, 0.29) is 0 Å². The number of nitrogens with one attached hydrogen (secondary N) is 1. The minimum Gasteiger partial charge on any atom is -0.280 e. The van der Waals surface area contributed by atoms with E-state index in [0.717, 1.165) is 4.88 Å². The van der Waals surface area contributed by atoms with Crippen molar-refractivity contribution in [2.75, 3.05) is 0 Å². The van der Waals surface area contributed by atoms with Crippen molar-refractivity contribution in [2.24, 2.45) is 0 Å². The highest BCUT2D eigenvalue weighted by atomic mass is 32.1. The Morgan fingerprint density at radius 3 is 2.57 bits per heavy atom. The van der Waals surface area contributed by atoms with Gasteiger partial charge in [-0.1, -0.05) is 4.49 Å². The second kappa shape index (κ2) is 1.46. The van der Waals surface area contributed by atoms with Crippen LogP contribution in [0.15, 0.2) is 0 Å². The molecule has 1 heterocycles. The zero-order valence-electron chi connectivity index (χ0n) is 3.80. The van der Waals surface area contributed by atoms with Crippen LogP contribution in [0.1, 0.15) is 4.88 Å². The summed E-state index contributed by atoms with van der Waals surface area (Å²) in [5.74, 6) is 0.296. The van der Waals surface area contributed by atoms with Crippen LogP contribution in [0.25, 0.3) is 0 Å². The molecule has 0 aliphatic rings. The van der Waals surface area contributed by atoms with Crippen molar-refractivity contribution in [3.05, 3.63) is 4.88 Å². The summed E-state index contributed by atoms with van der Waals surface area (Å²) >= 11 is 1.26. The number of aryl methyl sites for hydroxylation is 1. The molecule has 0 aliphatic carbocycles. The van der Waals surface area contributed by atoms with E-state index in [9.17, 15) is 0 Å². The van der Waals surface area contributed by atoms with Crippen molar-refractivity contribution in [3.63, 3.8) is 0 Å². The molecular formula is C3H4N3S. The maximum absolute atomic E-state index is 6.94. The van der Waals surface area contributed by atoms with Crippen LogP contribution in [0.3, 0.4) is 0 Å². The van der Waals surface area contributed by atoms with E-state index >= 15 is 0 Å². The number of nitrogens with zero attached hydrogens (tertiary/aromatic N) is 2. The second-order valence-corrected chi connectivity index (χ2v) is 2.14. The Morgan fingerprint density at radius 1 is 1.71 bits per heavy atom. The lowest BCUT2D eigenvalue weighted by molar-refractivity contribution is 1.12. The predicted octanol–water partition coefficient (Wildman–Crippen LogP) is 0.761. The van der Waals surface area contributed by atoms with E-state index in [2.05, 4.69) is 9.59 Å². The molecule has 1 aromatic rings. The molecule has 0 atom stereocenters. The predicted molar refractivity (Wildman–Crippen MR) is 27.4 cm³/mol. The SMILES string of the molecule is Cc1snnc1[NH]. The van der Waals surface area contributed by atoms with Crippen LogP contribution < -0.4 is 5.73 Å². The van der Waals surface area contributed by atoms with Gasteiger partial charge in [-0.05, 0) is 18.5 Å². The highest BCUT2D eigenvalue weighted by molar-refractivity contribution is 7.05. The van der Waals surface area contributed by atoms with Crippen LogP contribution in [-0.4, -0.2) is 9.59 Å². The lowest BCUT2D eigenvalue weighted by Gasteiger charge is -1.73. The lowest BCUT2D eigenvalue weighted by Crippen LogP contribution is -1.68. The van der Waals surface area contributed by atoms with Crippen LogP contribution >= 0.6 is 11.5 Å². The smallest absolute Gasteiger partial charge is 0.182 e. The van der Waals surface area contributed by atoms with Crippen molar-refractivity contribution >= 4 is 17.4 Å². The molecule has 1 aromatic heterocycles. The molecule has 7 heavy (non-hydrogen) atoms. The van der Waals surface area contributed by atoms with Crippen LogP contribution in [0.2, 0.25) is 0 Å². The quantitative estimate of drug-likeness (QED) is 0.500. The highest BCUT2D eigenvalue weighted by Crippen LogP contribution is 2.09. The third kappa shape index (κ3) is 0.691. The first-order valence-electron chi connectivity index (χ1n) is 1.81. The molecule has 0 saturated heterocycles. The molecule has 4 heteroatoms. The van der Waals surface area contributed by atoms with Crippen molar-refractivity contribution in [1.29, 1.82) is 0 Å². The average Bonchev–Trinajstić information content (AvgIpc) is 1.91. The first kappa shape index (κ1) is 4.52. The molecule has 0 fully saturated rings. The van der Waals surface area contributed by atoms with E-state index in [1.165, 1.54) is 11.5 Å². The molecule has 0 aliphatic heterocycles. The maximum Gasteiger partial charge on any atom is 0.182 e. The van der Waals surface area contributed by atoms with Crippen LogP contribution in [0, 0.1) is 6.92 Å². The summed E-state index contributed by atoms with van der Waals surface area (Å²) in [6.07, 6.45) is 0. The first-order chi connectivity index (χ1) is 3.30. The molecule has 3 nitrogen and oxygen atoms in total. The Balaban J connectivity index is 3.12. The second-order valence-electron chi connectivity index (χ2n) is 1.18. The molecule has 0 saturated carbocycles. The number of aromatic nitrogens is 2. The Hall–Kier alpha value is -0.640. The van der Waals surface area contributed by atoms with Gasteiger partial charge >= 0.3 is 0 Å². The van der Waals surface area contributed by atoms with Crippen molar-refractivity contribution in [3.8, 4) is 0 Å². The van der Waals surface area contributed by atoms with Crippen LogP contribution in [-0.2, 0) is 0 Å². The van der Waals surface area contributed by atoms with E-state index in [1.54, 1.807) is 0 Å². The van der Waals surface area contributed by atoms with Gasteiger partial charge in [0.15, 0.2) is 5.82 Å². The van der Waals surface area contributed by atoms with Gasteiger partial charge in [0.2, 0.25) is 0 Å². The molecule has 0 spiro atoms. The van der Waals surface area contributed by atoms with Gasteiger partial charge in [-0.25, -0.2) is 0 Å².